The van der Waals surface area contributed by atoms with Gasteiger partial charge in [0.2, 0.25) is 5.78 Å². The SMILES string of the molecule is CC(C)CCCCC(=O)C(=O)O. The molecule has 0 saturated heterocycles. The molecule has 70 valence electrons. The van der Waals surface area contributed by atoms with Crippen LogP contribution >= 0.6 is 0 Å². The summed E-state index contributed by atoms with van der Waals surface area (Å²) in [5.74, 6) is -1.34. The first-order chi connectivity index (χ1) is 5.54. The van der Waals surface area contributed by atoms with Gasteiger partial charge in [0.1, 0.15) is 0 Å². The number of hydrogen-bond donors (Lipinski definition) is 1. The lowest BCUT2D eigenvalue weighted by Crippen LogP contribution is -2.11. The molecule has 0 atom stereocenters. The zero-order valence-corrected chi connectivity index (χ0v) is 7.67. The summed E-state index contributed by atoms with van der Waals surface area (Å²) in [6.07, 6.45) is 2.88. The standard InChI is InChI=1S/C9H16O3/c1-7(2)5-3-4-6-8(10)9(11)12/h7H,3-6H2,1-2H3,(H,11,12). The van der Waals surface area contributed by atoms with Crippen molar-refractivity contribution in [1.82, 2.24) is 0 Å². The molecule has 0 rings (SSSR count). The Morgan fingerprint density at radius 2 is 1.83 bits per heavy atom. The minimum Gasteiger partial charge on any atom is -0.476 e. The number of Topliss-reactive ketones (excluding diaryl/α,β-unsaturated/α-hetero) is 1. The van der Waals surface area contributed by atoms with E-state index < -0.39 is 11.8 Å². The Bertz CT molecular complexity index is 161. The van der Waals surface area contributed by atoms with E-state index in [0.29, 0.717) is 12.3 Å². The molecule has 0 aromatic heterocycles. The van der Waals surface area contributed by atoms with E-state index in [-0.39, 0.29) is 6.42 Å². The maximum atomic E-state index is 10.6. The Morgan fingerprint density at radius 3 is 2.25 bits per heavy atom. The minimum absolute atomic E-state index is 0.183. The van der Waals surface area contributed by atoms with E-state index in [4.69, 9.17) is 5.11 Å². The predicted molar refractivity (Wildman–Crippen MR) is 45.9 cm³/mol. The zero-order valence-electron chi connectivity index (χ0n) is 7.67. The van der Waals surface area contributed by atoms with Crippen LogP contribution in [0.4, 0.5) is 0 Å². The summed E-state index contributed by atoms with van der Waals surface area (Å²) in [6.45, 7) is 4.22. The molecule has 0 aliphatic heterocycles. The van der Waals surface area contributed by atoms with Gasteiger partial charge in [0.15, 0.2) is 0 Å². The van der Waals surface area contributed by atoms with Crippen molar-refractivity contribution in [2.75, 3.05) is 0 Å². The Balaban J connectivity index is 3.32. The van der Waals surface area contributed by atoms with Gasteiger partial charge in [-0.1, -0.05) is 26.7 Å². The van der Waals surface area contributed by atoms with Crippen LogP contribution in [0.25, 0.3) is 0 Å². The van der Waals surface area contributed by atoms with Crippen LogP contribution in [0, 0.1) is 5.92 Å². The van der Waals surface area contributed by atoms with Crippen LogP contribution in [-0.2, 0) is 9.59 Å². The second-order valence-corrected chi connectivity index (χ2v) is 3.37. The second kappa shape index (κ2) is 5.75. The van der Waals surface area contributed by atoms with E-state index in [1.807, 2.05) is 0 Å². The number of rotatable bonds is 6. The van der Waals surface area contributed by atoms with Gasteiger partial charge in [0, 0.05) is 6.42 Å². The highest BCUT2D eigenvalue weighted by Gasteiger charge is 2.09. The van der Waals surface area contributed by atoms with Crippen LogP contribution in [0.2, 0.25) is 0 Å². The van der Waals surface area contributed by atoms with Crippen LogP contribution in [0.1, 0.15) is 39.5 Å². The van der Waals surface area contributed by atoms with E-state index in [0.717, 1.165) is 12.8 Å². The molecule has 0 aliphatic carbocycles. The van der Waals surface area contributed by atoms with Crippen LogP contribution in [0.15, 0.2) is 0 Å². The fraction of sp³-hybridized carbons (Fsp3) is 0.778. The van der Waals surface area contributed by atoms with Crippen molar-refractivity contribution in [2.45, 2.75) is 39.5 Å². The molecule has 0 amide bonds. The lowest BCUT2D eigenvalue weighted by atomic mass is 10.0. The number of carbonyl (C=O) groups excluding carboxylic acids is 1. The Labute approximate surface area is 72.8 Å². The lowest BCUT2D eigenvalue weighted by Gasteiger charge is -2.01. The van der Waals surface area contributed by atoms with Crippen LogP contribution < -0.4 is 0 Å². The van der Waals surface area contributed by atoms with E-state index in [1.54, 1.807) is 0 Å². The molecule has 0 aromatic rings. The van der Waals surface area contributed by atoms with Crippen molar-refractivity contribution < 1.29 is 14.7 Å². The van der Waals surface area contributed by atoms with Gasteiger partial charge < -0.3 is 5.11 Å². The van der Waals surface area contributed by atoms with Gasteiger partial charge in [-0.3, -0.25) is 4.79 Å². The van der Waals surface area contributed by atoms with Gasteiger partial charge in [0.05, 0.1) is 0 Å². The molecule has 0 saturated carbocycles. The highest BCUT2D eigenvalue weighted by atomic mass is 16.4. The van der Waals surface area contributed by atoms with Crippen molar-refractivity contribution in [2.24, 2.45) is 5.92 Å². The number of carbonyl (C=O) groups is 2. The monoisotopic (exact) mass is 172 g/mol. The molecule has 0 fully saturated rings. The Morgan fingerprint density at radius 1 is 1.25 bits per heavy atom. The summed E-state index contributed by atoms with van der Waals surface area (Å²) in [4.78, 5) is 20.7. The number of carboxylic acids is 1. The van der Waals surface area contributed by atoms with Crippen molar-refractivity contribution in [3.8, 4) is 0 Å². The van der Waals surface area contributed by atoms with Crippen LogP contribution in [0.3, 0.4) is 0 Å². The molecular weight excluding hydrogens is 156 g/mol. The molecule has 1 N–H and O–H groups in total. The molecular formula is C9H16O3. The smallest absolute Gasteiger partial charge is 0.372 e. The third-order valence-corrected chi connectivity index (χ3v) is 1.67. The average Bonchev–Trinajstić information content (AvgIpc) is 1.97. The Hall–Kier alpha value is -0.860. The summed E-state index contributed by atoms with van der Waals surface area (Å²) in [5.41, 5.74) is 0. The topological polar surface area (TPSA) is 54.4 Å². The Kier molecular flexibility index (Phi) is 5.34. The molecule has 0 aliphatic rings. The molecule has 3 nitrogen and oxygen atoms in total. The summed E-state index contributed by atoms with van der Waals surface area (Å²) in [5, 5.41) is 8.24. The predicted octanol–water partition coefficient (Wildman–Crippen LogP) is 1.86. The largest absolute Gasteiger partial charge is 0.476 e. The van der Waals surface area contributed by atoms with E-state index in [9.17, 15) is 9.59 Å². The quantitative estimate of drug-likeness (QED) is 0.491. The van der Waals surface area contributed by atoms with Gasteiger partial charge in [-0.15, -0.1) is 0 Å². The van der Waals surface area contributed by atoms with Crippen LogP contribution in [0.5, 0.6) is 0 Å². The number of aliphatic carboxylic acids is 1. The van der Waals surface area contributed by atoms with Crippen molar-refractivity contribution in [3.63, 3.8) is 0 Å². The minimum atomic E-state index is -1.31. The van der Waals surface area contributed by atoms with E-state index in [1.165, 1.54) is 0 Å². The number of unbranched alkanes of at least 4 members (excludes halogenated alkanes) is 1. The first-order valence-corrected chi connectivity index (χ1v) is 4.30. The lowest BCUT2D eigenvalue weighted by molar-refractivity contribution is -0.149. The summed E-state index contributed by atoms with van der Waals surface area (Å²) >= 11 is 0. The van der Waals surface area contributed by atoms with Crippen molar-refractivity contribution >= 4 is 11.8 Å². The molecule has 0 unspecified atom stereocenters. The normalized spacial score (nSPS) is 10.2. The number of hydrogen-bond acceptors (Lipinski definition) is 2. The highest BCUT2D eigenvalue weighted by molar-refractivity contribution is 6.32. The molecule has 0 bridgehead atoms. The number of ketones is 1. The fourth-order valence-electron chi connectivity index (χ4n) is 0.945. The maximum absolute atomic E-state index is 10.6. The molecule has 0 spiro atoms. The van der Waals surface area contributed by atoms with E-state index >= 15 is 0 Å². The maximum Gasteiger partial charge on any atom is 0.372 e. The summed E-state index contributed by atoms with van der Waals surface area (Å²) in [7, 11) is 0. The molecule has 3 heteroatoms. The zero-order chi connectivity index (χ0) is 9.56. The molecule has 12 heavy (non-hydrogen) atoms. The van der Waals surface area contributed by atoms with Crippen LogP contribution in [-0.4, -0.2) is 16.9 Å². The van der Waals surface area contributed by atoms with E-state index in [2.05, 4.69) is 13.8 Å². The molecule has 0 aromatic carbocycles. The van der Waals surface area contributed by atoms with Crippen molar-refractivity contribution in [1.29, 1.82) is 0 Å². The van der Waals surface area contributed by atoms with Gasteiger partial charge in [0.25, 0.3) is 0 Å². The molecule has 0 heterocycles. The third-order valence-electron chi connectivity index (χ3n) is 1.67. The summed E-state index contributed by atoms with van der Waals surface area (Å²) < 4.78 is 0. The van der Waals surface area contributed by atoms with Gasteiger partial charge in [-0.05, 0) is 12.3 Å². The van der Waals surface area contributed by atoms with Gasteiger partial charge in [-0.2, -0.15) is 0 Å². The number of carboxylic acid groups (broad SMARTS) is 1. The first-order valence-electron chi connectivity index (χ1n) is 4.30. The van der Waals surface area contributed by atoms with Crippen molar-refractivity contribution in [3.05, 3.63) is 0 Å². The third kappa shape index (κ3) is 5.89. The molecule has 0 radical (unpaired) electrons. The van der Waals surface area contributed by atoms with Gasteiger partial charge in [-0.25, -0.2) is 4.79 Å². The fourth-order valence-corrected chi connectivity index (χ4v) is 0.945. The first kappa shape index (κ1) is 11.1. The average molecular weight is 172 g/mol. The van der Waals surface area contributed by atoms with Gasteiger partial charge >= 0.3 is 5.97 Å². The highest BCUT2D eigenvalue weighted by Crippen LogP contribution is 2.07. The second-order valence-electron chi connectivity index (χ2n) is 3.37. The summed E-state index contributed by atoms with van der Waals surface area (Å²) in [6, 6.07) is 0.